The molecule has 22 heavy (non-hydrogen) atoms. The first kappa shape index (κ1) is 16.0. The zero-order valence-corrected chi connectivity index (χ0v) is 12.8. The standard InChI is InChI=1S/C17H21N3O2/c1-3-18-12(2)11-19-16(21)14-9-10-15(20-17(14)22)13-7-5-4-6-8-13/h4-10,12,18H,3,11H2,1-2H3,(H,19,21)(H,20,22)/t12-/m1/s1. The van der Waals surface area contributed by atoms with E-state index in [9.17, 15) is 9.59 Å². The Balaban J connectivity index is 2.10. The summed E-state index contributed by atoms with van der Waals surface area (Å²) in [7, 11) is 0. The van der Waals surface area contributed by atoms with E-state index in [-0.39, 0.29) is 23.1 Å². The topological polar surface area (TPSA) is 74.0 Å². The van der Waals surface area contributed by atoms with Crippen LogP contribution in [0.1, 0.15) is 24.2 Å². The van der Waals surface area contributed by atoms with Gasteiger partial charge in [0.25, 0.3) is 11.5 Å². The SMILES string of the molecule is CCN[C@H](C)CNC(=O)c1ccc(-c2ccccc2)[nH]c1=O. The Labute approximate surface area is 129 Å². The number of hydrogen-bond donors (Lipinski definition) is 3. The number of benzene rings is 1. The molecule has 0 radical (unpaired) electrons. The summed E-state index contributed by atoms with van der Waals surface area (Å²) in [5, 5.41) is 5.96. The highest BCUT2D eigenvalue weighted by atomic mass is 16.2. The van der Waals surface area contributed by atoms with Gasteiger partial charge < -0.3 is 15.6 Å². The first-order valence-corrected chi connectivity index (χ1v) is 7.42. The van der Waals surface area contributed by atoms with Crippen LogP contribution in [0.2, 0.25) is 0 Å². The Kier molecular flexibility index (Phi) is 5.49. The minimum absolute atomic E-state index is 0.128. The molecular weight excluding hydrogens is 278 g/mol. The first-order chi connectivity index (χ1) is 10.6. The minimum Gasteiger partial charge on any atom is -0.350 e. The molecule has 1 aromatic heterocycles. The van der Waals surface area contributed by atoms with E-state index >= 15 is 0 Å². The number of pyridine rings is 1. The Morgan fingerprint density at radius 1 is 1.18 bits per heavy atom. The normalized spacial score (nSPS) is 11.9. The van der Waals surface area contributed by atoms with Gasteiger partial charge in [-0.15, -0.1) is 0 Å². The van der Waals surface area contributed by atoms with Gasteiger partial charge in [0.05, 0.1) is 0 Å². The molecule has 0 fully saturated rings. The van der Waals surface area contributed by atoms with Crippen molar-refractivity contribution >= 4 is 5.91 Å². The van der Waals surface area contributed by atoms with E-state index in [2.05, 4.69) is 15.6 Å². The van der Waals surface area contributed by atoms with Gasteiger partial charge in [-0.05, 0) is 31.2 Å². The van der Waals surface area contributed by atoms with Crippen molar-refractivity contribution in [3.05, 3.63) is 58.4 Å². The monoisotopic (exact) mass is 299 g/mol. The number of carbonyl (C=O) groups excluding carboxylic acids is 1. The van der Waals surface area contributed by atoms with Crippen LogP contribution in [0.5, 0.6) is 0 Å². The highest BCUT2D eigenvalue weighted by Gasteiger charge is 2.12. The van der Waals surface area contributed by atoms with E-state index < -0.39 is 0 Å². The smallest absolute Gasteiger partial charge is 0.261 e. The lowest BCUT2D eigenvalue weighted by atomic mass is 10.1. The third-order valence-electron chi connectivity index (χ3n) is 3.36. The molecule has 1 aromatic carbocycles. The summed E-state index contributed by atoms with van der Waals surface area (Å²) < 4.78 is 0. The first-order valence-electron chi connectivity index (χ1n) is 7.42. The maximum atomic E-state index is 12.1. The van der Waals surface area contributed by atoms with Crippen molar-refractivity contribution < 1.29 is 4.79 Å². The van der Waals surface area contributed by atoms with Gasteiger partial charge in [0.15, 0.2) is 0 Å². The maximum absolute atomic E-state index is 12.1. The molecule has 0 unspecified atom stereocenters. The van der Waals surface area contributed by atoms with Gasteiger partial charge in [-0.2, -0.15) is 0 Å². The van der Waals surface area contributed by atoms with E-state index in [4.69, 9.17) is 0 Å². The predicted molar refractivity (Wildman–Crippen MR) is 88.0 cm³/mol. The second-order valence-electron chi connectivity index (χ2n) is 5.15. The molecule has 116 valence electrons. The second-order valence-corrected chi connectivity index (χ2v) is 5.15. The quantitative estimate of drug-likeness (QED) is 0.761. The van der Waals surface area contributed by atoms with Crippen LogP contribution in [-0.4, -0.2) is 30.0 Å². The van der Waals surface area contributed by atoms with Crippen LogP contribution in [0.15, 0.2) is 47.3 Å². The van der Waals surface area contributed by atoms with Gasteiger partial charge in [-0.3, -0.25) is 9.59 Å². The lowest BCUT2D eigenvalue weighted by Crippen LogP contribution is -2.40. The van der Waals surface area contributed by atoms with Gasteiger partial charge >= 0.3 is 0 Å². The number of nitrogens with one attached hydrogen (secondary N) is 3. The van der Waals surface area contributed by atoms with Crippen LogP contribution in [0.3, 0.4) is 0 Å². The zero-order valence-electron chi connectivity index (χ0n) is 12.8. The molecule has 0 aliphatic carbocycles. The molecule has 1 amide bonds. The number of rotatable bonds is 6. The van der Waals surface area contributed by atoms with E-state index in [0.29, 0.717) is 12.2 Å². The minimum atomic E-state index is -0.380. The number of H-pyrrole nitrogens is 1. The zero-order chi connectivity index (χ0) is 15.9. The van der Waals surface area contributed by atoms with Gasteiger partial charge in [-0.25, -0.2) is 0 Å². The molecule has 1 heterocycles. The molecule has 0 aliphatic rings. The Morgan fingerprint density at radius 2 is 1.91 bits per heavy atom. The largest absolute Gasteiger partial charge is 0.350 e. The predicted octanol–water partition coefficient (Wildman–Crippen LogP) is 1.77. The summed E-state index contributed by atoms with van der Waals surface area (Å²) in [6.45, 7) is 5.30. The van der Waals surface area contributed by atoms with E-state index in [0.717, 1.165) is 12.1 Å². The lowest BCUT2D eigenvalue weighted by Gasteiger charge is -2.13. The van der Waals surface area contributed by atoms with Crippen LogP contribution < -0.4 is 16.2 Å². The molecule has 0 spiro atoms. The molecule has 0 saturated carbocycles. The van der Waals surface area contributed by atoms with Crippen LogP contribution in [0.4, 0.5) is 0 Å². The average Bonchev–Trinajstić information content (AvgIpc) is 2.53. The number of carbonyl (C=O) groups is 1. The molecule has 5 heteroatoms. The van der Waals surface area contributed by atoms with Crippen molar-refractivity contribution in [3.63, 3.8) is 0 Å². The molecule has 1 atom stereocenters. The van der Waals surface area contributed by atoms with Gasteiger partial charge in [0.2, 0.25) is 0 Å². The van der Waals surface area contributed by atoms with Crippen molar-refractivity contribution in [1.29, 1.82) is 0 Å². The fraction of sp³-hybridized carbons (Fsp3) is 0.294. The van der Waals surface area contributed by atoms with Crippen molar-refractivity contribution in [1.82, 2.24) is 15.6 Å². The average molecular weight is 299 g/mol. The van der Waals surface area contributed by atoms with E-state index in [1.807, 2.05) is 44.2 Å². The van der Waals surface area contributed by atoms with Gasteiger partial charge in [0, 0.05) is 18.3 Å². The molecule has 5 nitrogen and oxygen atoms in total. The summed E-state index contributed by atoms with van der Waals surface area (Å²) in [5.74, 6) is -0.356. The molecule has 2 rings (SSSR count). The fourth-order valence-electron chi connectivity index (χ4n) is 2.20. The Morgan fingerprint density at radius 3 is 2.55 bits per heavy atom. The summed E-state index contributed by atoms with van der Waals surface area (Å²) in [4.78, 5) is 26.9. The Bertz CT molecular complexity index is 680. The number of hydrogen-bond acceptors (Lipinski definition) is 3. The van der Waals surface area contributed by atoms with E-state index in [1.165, 1.54) is 0 Å². The third kappa shape index (κ3) is 4.05. The summed E-state index contributed by atoms with van der Waals surface area (Å²) in [6.07, 6.45) is 0. The third-order valence-corrected chi connectivity index (χ3v) is 3.36. The highest BCUT2D eigenvalue weighted by molar-refractivity contribution is 5.94. The Hall–Kier alpha value is -2.40. The maximum Gasteiger partial charge on any atom is 0.261 e. The van der Waals surface area contributed by atoms with Gasteiger partial charge in [0.1, 0.15) is 5.56 Å². The second kappa shape index (κ2) is 7.56. The molecule has 2 aromatic rings. The van der Waals surface area contributed by atoms with Crippen molar-refractivity contribution in [2.45, 2.75) is 19.9 Å². The molecule has 3 N–H and O–H groups in total. The van der Waals surface area contributed by atoms with Crippen LogP contribution in [0.25, 0.3) is 11.3 Å². The number of aromatic nitrogens is 1. The van der Waals surface area contributed by atoms with Crippen molar-refractivity contribution in [2.75, 3.05) is 13.1 Å². The lowest BCUT2D eigenvalue weighted by molar-refractivity contribution is 0.0948. The highest BCUT2D eigenvalue weighted by Crippen LogP contribution is 2.14. The summed E-state index contributed by atoms with van der Waals surface area (Å²) in [6, 6.07) is 13.0. The molecule has 0 saturated heterocycles. The summed E-state index contributed by atoms with van der Waals surface area (Å²) >= 11 is 0. The van der Waals surface area contributed by atoms with Crippen molar-refractivity contribution in [3.8, 4) is 11.3 Å². The molecule has 0 bridgehead atoms. The van der Waals surface area contributed by atoms with Gasteiger partial charge in [-0.1, -0.05) is 37.3 Å². The number of amides is 1. The number of likely N-dealkylation sites (N-methyl/N-ethyl adjacent to an activating group) is 1. The molecular formula is C17H21N3O2. The van der Waals surface area contributed by atoms with Crippen LogP contribution in [-0.2, 0) is 0 Å². The molecule has 0 aliphatic heterocycles. The number of aromatic amines is 1. The summed E-state index contributed by atoms with van der Waals surface area (Å²) in [5.41, 5.74) is 1.36. The van der Waals surface area contributed by atoms with Crippen molar-refractivity contribution in [2.24, 2.45) is 0 Å². The van der Waals surface area contributed by atoms with Crippen LogP contribution in [0, 0.1) is 0 Å². The fourth-order valence-corrected chi connectivity index (χ4v) is 2.20. The van der Waals surface area contributed by atoms with E-state index in [1.54, 1.807) is 12.1 Å². The van der Waals surface area contributed by atoms with Crippen LogP contribution >= 0.6 is 0 Å².